The van der Waals surface area contributed by atoms with Gasteiger partial charge in [-0.05, 0) is 132 Å². The molecule has 0 radical (unpaired) electrons. The van der Waals surface area contributed by atoms with E-state index in [1.54, 1.807) is 5.32 Å². The van der Waals surface area contributed by atoms with E-state index in [4.69, 9.17) is 27.6 Å². The highest BCUT2D eigenvalue weighted by molar-refractivity contribution is 7.93. The number of piperidine rings is 2. The second-order valence-electron chi connectivity index (χ2n) is 19.2. The van der Waals surface area contributed by atoms with Crippen molar-refractivity contribution in [2.24, 2.45) is 0 Å². The van der Waals surface area contributed by atoms with Crippen molar-refractivity contribution in [3.05, 3.63) is 129 Å². The average Bonchev–Trinajstić information content (AvgIpc) is 3.88. The second kappa shape index (κ2) is 24.7. The number of carbonyl (C=O) groups excluding carboxylic acids is 2. The summed E-state index contributed by atoms with van der Waals surface area (Å²) in [7, 11) is -8.03. The van der Waals surface area contributed by atoms with Crippen molar-refractivity contribution < 1.29 is 66.0 Å². The number of rotatable bonds is 18. The highest BCUT2D eigenvalue weighted by Crippen LogP contribution is 2.37. The third-order valence-electron chi connectivity index (χ3n) is 14.5. The van der Waals surface area contributed by atoms with Gasteiger partial charge in [0.05, 0.1) is 51.6 Å². The first-order chi connectivity index (χ1) is 36.6. The lowest BCUT2D eigenvalue weighted by molar-refractivity contribution is -0.131. The van der Waals surface area contributed by atoms with Gasteiger partial charge in [-0.3, -0.25) is 18.2 Å². The Morgan fingerprint density at radius 2 is 1.09 bits per heavy atom. The molecule has 2 aliphatic heterocycles. The first-order valence-electron chi connectivity index (χ1n) is 24.8. The summed E-state index contributed by atoms with van der Waals surface area (Å²) in [6.45, 7) is 0.970. The van der Waals surface area contributed by atoms with Crippen LogP contribution in [0.1, 0.15) is 98.0 Å². The van der Waals surface area contributed by atoms with E-state index >= 15 is 8.78 Å². The third-order valence-corrected chi connectivity index (χ3v) is 19.6. The Labute approximate surface area is 449 Å². The number of hydrogen-bond acceptors (Lipinski definition) is 11. The minimum absolute atomic E-state index is 0.0123. The highest BCUT2D eigenvalue weighted by atomic mass is 35.5. The maximum atomic E-state index is 15.2. The van der Waals surface area contributed by atoms with E-state index in [0.29, 0.717) is 63.9 Å². The molecular formula is C51H53Cl2F8N7O7S2. The summed E-state index contributed by atoms with van der Waals surface area (Å²) in [6, 6.07) is 15.0. The van der Waals surface area contributed by atoms with Crippen LogP contribution in [-0.4, -0.2) is 110 Å². The molecule has 4 aliphatic rings. The molecule has 1 aromatic heterocycles. The Kier molecular flexibility index (Phi) is 18.6. The molecule has 77 heavy (non-hydrogen) atoms. The molecule has 4 fully saturated rings. The first kappa shape index (κ1) is 57.8. The van der Waals surface area contributed by atoms with Crippen LogP contribution in [0.15, 0.2) is 77.2 Å². The first-order valence-corrected chi connectivity index (χ1v) is 28.6. The Bertz CT molecular complexity index is 3160. The number of benzene rings is 4. The van der Waals surface area contributed by atoms with Crippen LogP contribution in [0.3, 0.4) is 0 Å². The molecule has 0 spiro atoms. The normalized spacial score (nSPS) is 17.4. The van der Waals surface area contributed by atoms with Crippen molar-refractivity contribution >= 4 is 66.3 Å². The molecule has 5 aromatic rings. The van der Waals surface area contributed by atoms with Crippen LogP contribution in [0.25, 0.3) is 11.5 Å². The zero-order chi connectivity index (χ0) is 55.3. The molecule has 14 nitrogen and oxygen atoms in total. The van der Waals surface area contributed by atoms with Gasteiger partial charge in [0, 0.05) is 34.3 Å². The molecule has 416 valence electrons. The molecule has 2 saturated carbocycles. The van der Waals surface area contributed by atoms with E-state index in [2.05, 4.69) is 20.0 Å². The van der Waals surface area contributed by atoms with E-state index in [9.17, 15) is 52.8 Å². The predicted octanol–water partition coefficient (Wildman–Crippen LogP) is 10.5. The summed E-state index contributed by atoms with van der Waals surface area (Å²) in [5.74, 6) is -6.77. The topological polar surface area (TPSA) is 166 Å². The largest absolute Gasteiger partial charge is 0.415 e. The Morgan fingerprint density at radius 3 is 1.48 bits per heavy atom. The summed E-state index contributed by atoms with van der Waals surface area (Å²) in [6.07, 6.45) is 2.19. The molecule has 0 unspecified atom stereocenters. The van der Waals surface area contributed by atoms with E-state index in [0.717, 1.165) is 58.6 Å². The molecule has 2 saturated heterocycles. The lowest BCUT2D eigenvalue weighted by Crippen LogP contribution is -2.49. The summed E-state index contributed by atoms with van der Waals surface area (Å²) in [4.78, 5) is 27.9. The second-order valence-corrected chi connectivity index (χ2v) is 24.3. The van der Waals surface area contributed by atoms with Crippen molar-refractivity contribution in [1.29, 1.82) is 0 Å². The van der Waals surface area contributed by atoms with E-state index in [1.165, 1.54) is 61.4 Å². The maximum Gasteiger partial charge on any atom is 0.315 e. The molecular weight excluding hydrogens is 1110 g/mol. The molecule has 1 amide bonds. The summed E-state index contributed by atoms with van der Waals surface area (Å²) >= 11 is 11.9. The van der Waals surface area contributed by atoms with Gasteiger partial charge >= 0.3 is 12.9 Å². The molecule has 0 bridgehead atoms. The lowest BCUT2D eigenvalue weighted by Gasteiger charge is -2.42. The Balaban J connectivity index is 0.000000204. The number of halogens is 10. The minimum Gasteiger partial charge on any atom is -0.415 e. The standard InChI is InChI=1S/C26H28ClF4N3O4S.C25H25ClF4N4O3S/c27-21-13-19(6-7-22(21)28)34(39(37,38)20-8-10-33(11-9-20)18-2-1-3-18)15-17-5-4-16(12-23(17)29)24(35)14-32-26(36)25(30)31;26-20-13-18(6-7-21(20)27)34(38(35,36)19-8-10-33(11-9-19)17-2-1-3-17)14-16-5-4-15(12-22(16)28)24-31-32-25(37-24)23(29)30/h4-7,12-13,18,20,25H,1-3,8-11,14-15H2,(H,32,36);4-7,12-13,17,19,23H,1-3,8-11,14H2. The van der Waals surface area contributed by atoms with Gasteiger partial charge in [-0.2, -0.15) is 17.6 Å². The zero-order valence-corrected chi connectivity index (χ0v) is 44.2. The number of likely N-dealkylation sites (tertiary alicyclic amines) is 2. The fourth-order valence-corrected chi connectivity index (χ4v) is 13.8. The van der Waals surface area contributed by atoms with Crippen LogP contribution >= 0.6 is 23.2 Å². The van der Waals surface area contributed by atoms with Crippen molar-refractivity contribution in [3.63, 3.8) is 0 Å². The fourth-order valence-electron chi connectivity index (χ4n) is 9.63. The molecule has 1 N–H and O–H groups in total. The number of nitrogens with zero attached hydrogens (tertiary/aromatic N) is 6. The zero-order valence-electron chi connectivity index (χ0n) is 41.1. The van der Waals surface area contributed by atoms with E-state index in [-0.39, 0.29) is 56.1 Å². The minimum atomic E-state index is -4.04. The smallest absolute Gasteiger partial charge is 0.315 e. The van der Waals surface area contributed by atoms with Gasteiger partial charge in [0.25, 0.3) is 11.8 Å². The Morgan fingerprint density at radius 1 is 0.623 bits per heavy atom. The van der Waals surface area contributed by atoms with Crippen molar-refractivity contribution in [1.82, 2.24) is 25.3 Å². The summed E-state index contributed by atoms with van der Waals surface area (Å²) in [5, 5.41) is 6.51. The van der Waals surface area contributed by atoms with Crippen LogP contribution in [0.4, 0.5) is 46.5 Å². The molecule has 4 aromatic carbocycles. The third kappa shape index (κ3) is 13.5. The monoisotopic (exact) mass is 1160 g/mol. The van der Waals surface area contributed by atoms with Crippen LogP contribution in [-0.2, 0) is 37.9 Å². The SMILES string of the molecule is O=C(CNC(=O)C(F)F)c1ccc(CN(c2ccc(F)c(Cl)c2)S(=O)(=O)C2CCN(C3CCC3)CC2)c(F)c1.O=S(=O)(C1CCN(C2CCC2)CC1)N(Cc1ccc(-c2nnc(C(F)F)o2)cc1F)c1ccc(F)c(Cl)c1. The number of nitrogens with one attached hydrogen (secondary N) is 1. The van der Waals surface area contributed by atoms with Crippen LogP contribution < -0.4 is 13.9 Å². The van der Waals surface area contributed by atoms with Gasteiger partial charge in [0.2, 0.25) is 25.9 Å². The van der Waals surface area contributed by atoms with Gasteiger partial charge in [-0.15, -0.1) is 10.2 Å². The van der Waals surface area contributed by atoms with Crippen molar-refractivity contribution in [2.75, 3.05) is 41.3 Å². The Hall–Kier alpha value is -5.40. The van der Waals surface area contributed by atoms with Gasteiger partial charge in [0.15, 0.2) is 5.78 Å². The molecule has 0 atom stereocenters. The number of hydrogen-bond donors (Lipinski definition) is 1. The lowest BCUT2D eigenvalue weighted by atomic mass is 9.90. The van der Waals surface area contributed by atoms with E-state index < -0.39 is 97.3 Å². The van der Waals surface area contributed by atoms with Crippen molar-refractivity contribution in [3.8, 4) is 11.5 Å². The van der Waals surface area contributed by atoms with Crippen molar-refractivity contribution in [2.45, 2.75) is 113 Å². The number of aromatic nitrogens is 2. The summed E-state index contributed by atoms with van der Waals surface area (Å²) in [5.41, 5.74) is -0.00380. The average molecular weight is 1160 g/mol. The number of anilines is 2. The van der Waals surface area contributed by atoms with Gasteiger partial charge in [-0.1, -0.05) is 54.2 Å². The van der Waals surface area contributed by atoms with Crippen LogP contribution in [0.2, 0.25) is 10.0 Å². The number of alkyl halides is 4. The van der Waals surface area contributed by atoms with Gasteiger partial charge < -0.3 is 19.5 Å². The van der Waals surface area contributed by atoms with E-state index in [1.807, 2.05) is 0 Å². The fraction of sp³-hybridized carbons (Fsp3) is 0.451. The highest BCUT2D eigenvalue weighted by Gasteiger charge is 2.40. The molecule has 3 heterocycles. The molecule has 26 heteroatoms. The molecule has 2 aliphatic carbocycles. The number of carbonyl (C=O) groups is 2. The number of sulfonamides is 2. The van der Waals surface area contributed by atoms with Gasteiger partial charge in [-0.25, -0.2) is 34.4 Å². The maximum absolute atomic E-state index is 15.2. The number of amides is 1. The number of Topliss-reactive ketones (excluding diaryl/α,β-unsaturated/α-hetero) is 1. The van der Waals surface area contributed by atoms with Crippen LogP contribution in [0.5, 0.6) is 0 Å². The molecule has 9 rings (SSSR count). The van der Waals surface area contributed by atoms with Gasteiger partial charge in [0.1, 0.15) is 23.3 Å². The quantitative estimate of drug-likeness (QED) is 0.0655. The number of ketones is 1. The predicted molar refractivity (Wildman–Crippen MR) is 272 cm³/mol. The van der Waals surface area contributed by atoms with Crippen LogP contribution in [0, 0.1) is 23.3 Å². The summed E-state index contributed by atoms with van der Waals surface area (Å²) < 4.78 is 171.